The predicted octanol–water partition coefficient (Wildman–Crippen LogP) is 3.33. The molecule has 100 valence electrons. The lowest BCUT2D eigenvalue weighted by Gasteiger charge is -2.16. The summed E-state index contributed by atoms with van der Waals surface area (Å²) in [5.74, 6) is 0.779. The quantitative estimate of drug-likeness (QED) is 0.850. The van der Waals surface area contributed by atoms with E-state index in [2.05, 4.69) is 13.0 Å². The maximum atomic E-state index is 5.91. The monoisotopic (exact) mass is 267 g/mol. The van der Waals surface area contributed by atoms with Crippen LogP contribution >= 0.6 is 11.8 Å². The summed E-state index contributed by atoms with van der Waals surface area (Å²) in [6.45, 7) is 7.01. The number of nitrogen functional groups attached to an aromatic ring is 1. The first kappa shape index (κ1) is 13.6. The van der Waals surface area contributed by atoms with Crippen LogP contribution in [0.1, 0.15) is 27.2 Å². The number of benzene rings is 1. The van der Waals surface area contributed by atoms with E-state index < -0.39 is 0 Å². The maximum absolute atomic E-state index is 5.91. The number of thioether (sulfide) groups is 1. The first-order valence-corrected chi connectivity index (χ1v) is 7.28. The fourth-order valence-electron chi connectivity index (χ4n) is 1.99. The van der Waals surface area contributed by atoms with E-state index >= 15 is 0 Å². The van der Waals surface area contributed by atoms with Gasteiger partial charge < -0.3 is 15.2 Å². The van der Waals surface area contributed by atoms with Crippen LogP contribution in [0.15, 0.2) is 23.1 Å². The number of ether oxygens (including phenoxy) is 2. The van der Waals surface area contributed by atoms with Crippen LogP contribution < -0.4 is 10.5 Å². The van der Waals surface area contributed by atoms with Crippen molar-refractivity contribution in [3.8, 4) is 5.75 Å². The largest absolute Gasteiger partial charge is 0.489 e. The van der Waals surface area contributed by atoms with Gasteiger partial charge in [-0.15, -0.1) is 11.8 Å². The predicted molar refractivity (Wildman–Crippen MR) is 76.3 cm³/mol. The summed E-state index contributed by atoms with van der Waals surface area (Å²) >= 11 is 1.85. The van der Waals surface area contributed by atoms with Crippen LogP contribution in [-0.2, 0) is 4.74 Å². The number of rotatable bonds is 4. The summed E-state index contributed by atoms with van der Waals surface area (Å²) in [6.07, 6.45) is 1.57. The van der Waals surface area contributed by atoms with Crippen LogP contribution in [0.25, 0.3) is 0 Å². The fraction of sp³-hybridized carbons (Fsp3) is 0.571. The van der Waals surface area contributed by atoms with Gasteiger partial charge in [0.25, 0.3) is 0 Å². The van der Waals surface area contributed by atoms with Gasteiger partial charge in [0.1, 0.15) is 5.75 Å². The minimum Gasteiger partial charge on any atom is -0.489 e. The van der Waals surface area contributed by atoms with Crippen molar-refractivity contribution in [2.24, 2.45) is 0 Å². The van der Waals surface area contributed by atoms with E-state index in [-0.39, 0.29) is 6.10 Å². The van der Waals surface area contributed by atoms with E-state index in [1.807, 2.05) is 37.7 Å². The summed E-state index contributed by atoms with van der Waals surface area (Å²) in [5, 5.41) is 0.528. The average molecular weight is 267 g/mol. The molecule has 2 unspecified atom stereocenters. The molecule has 18 heavy (non-hydrogen) atoms. The molecule has 0 saturated carbocycles. The van der Waals surface area contributed by atoms with Crippen molar-refractivity contribution in [1.82, 2.24) is 0 Å². The van der Waals surface area contributed by atoms with Crippen LogP contribution in [0.4, 0.5) is 5.69 Å². The van der Waals surface area contributed by atoms with Gasteiger partial charge in [-0.05, 0) is 45.4 Å². The molecule has 1 aromatic carbocycles. The van der Waals surface area contributed by atoms with Gasteiger partial charge in [0.2, 0.25) is 0 Å². The van der Waals surface area contributed by atoms with E-state index in [1.54, 1.807) is 0 Å². The Bertz CT molecular complexity index is 409. The van der Waals surface area contributed by atoms with Gasteiger partial charge in [0, 0.05) is 16.8 Å². The van der Waals surface area contributed by atoms with Gasteiger partial charge in [-0.25, -0.2) is 0 Å². The minimum atomic E-state index is 0.140. The summed E-state index contributed by atoms with van der Waals surface area (Å²) < 4.78 is 11.3. The Kier molecular flexibility index (Phi) is 4.40. The van der Waals surface area contributed by atoms with Crippen molar-refractivity contribution >= 4 is 17.4 Å². The molecule has 0 bridgehead atoms. The van der Waals surface area contributed by atoms with Gasteiger partial charge in [0.05, 0.1) is 17.9 Å². The van der Waals surface area contributed by atoms with Crippen LogP contribution in [-0.4, -0.2) is 24.1 Å². The molecule has 2 N–H and O–H groups in total. The Morgan fingerprint density at radius 3 is 2.83 bits per heavy atom. The molecule has 0 amide bonds. The molecule has 0 aromatic heterocycles. The van der Waals surface area contributed by atoms with Gasteiger partial charge in [-0.2, -0.15) is 0 Å². The lowest BCUT2D eigenvalue weighted by atomic mass is 10.2. The van der Waals surface area contributed by atoms with Crippen molar-refractivity contribution in [3.05, 3.63) is 18.2 Å². The second-order valence-corrected chi connectivity index (χ2v) is 6.20. The first-order chi connectivity index (χ1) is 8.56. The highest BCUT2D eigenvalue weighted by Gasteiger charge is 2.25. The molecule has 1 aromatic rings. The Hall–Kier alpha value is -0.870. The van der Waals surface area contributed by atoms with Crippen molar-refractivity contribution in [2.75, 3.05) is 12.3 Å². The fourth-order valence-corrected chi connectivity index (χ4v) is 3.14. The smallest absolute Gasteiger partial charge is 0.143 e. The molecule has 4 heteroatoms. The third-order valence-corrected chi connectivity index (χ3v) is 4.39. The normalized spacial score (nSPS) is 23.6. The van der Waals surface area contributed by atoms with E-state index in [0.29, 0.717) is 17.0 Å². The molecule has 1 heterocycles. The van der Waals surface area contributed by atoms with Crippen LogP contribution in [0.5, 0.6) is 5.75 Å². The number of anilines is 1. The zero-order valence-corrected chi connectivity index (χ0v) is 12.0. The van der Waals surface area contributed by atoms with Gasteiger partial charge >= 0.3 is 0 Å². The molecule has 0 radical (unpaired) electrons. The molecular formula is C14H21NO2S. The third-order valence-electron chi connectivity index (χ3n) is 2.94. The lowest BCUT2D eigenvalue weighted by molar-refractivity contribution is 0.127. The van der Waals surface area contributed by atoms with E-state index in [9.17, 15) is 0 Å². The summed E-state index contributed by atoms with van der Waals surface area (Å²) in [5.41, 5.74) is 6.61. The Labute approximate surface area is 113 Å². The molecule has 2 atom stereocenters. The highest BCUT2D eigenvalue weighted by Crippen LogP contribution is 2.36. The third kappa shape index (κ3) is 3.33. The number of hydrogen-bond donors (Lipinski definition) is 1. The zero-order chi connectivity index (χ0) is 13.1. The average Bonchev–Trinajstić information content (AvgIpc) is 2.69. The second-order valence-electron chi connectivity index (χ2n) is 4.89. The van der Waals surface area contributed by atoms with E-state index in [0.717, 1.165) is 18.8 Å². The molecule has 1 fully saturated rings. The second kappa shape index (κ2) is 5.85. The van der Waals surface area contributed by atoms with Crippen molar-refractivity contribution < 1.29 is 9.47 Å². The highest BCUT2D eigenvalue weighted by atomic mass is 32.2. The first-order valence-electron chi connectivity index (χ1n) is 6.40. The molecule has 0 spiro atoms. The topological polar surface area (TPSA) is 44.5 Å². The molecular weight excluding hydrogens is 246 g/mol. The van der Waals surface area contributed by atoms with Crippen molar-refractivity contribution in [3.63, 3.8) is 0 Å². The lowest BCUT2D eigenvalue weighted by Crippen LogP contribution is -2.13. The van der Waals surface area contributed by atoms with E-state index in [4.69, 9.17) is 15.2 Å². The Balaban J connectivity index is 2.09. The molecule has 1 aliphatic heterocycles. The van der Waals surface area contributed by atoms with Crippen LogP contribution in [0.2, 0.25) is 0 Å². The zero-order valence-electron chi connectivity index (χ0n) is 11.2. The van der Waals surface area contributed by atoms with Gasteiger partial charge in [-0.3, -0.25) is 0 Å². The standard InChI is InChI=1S/C14H21NO2S/c1-9(2)17-13-8-11(4-5-12(13)15)18-14-6-7-16-10(14)3/h4-5,8-10,14H,6-7,15H2,1-3H3. The number of nitrogens with two attached hydrogens (primary N) is 1. The molecule has 2 rings (SSSR count). The summed E-state index contributed by atoms with van der Waals surface area (Å²) in [6, 6.07) is 6.00. The number of hydrogen-bond acceptors (Lipinski definition) is 4. The minimum absolute atomic E-state index is 0.140. The van der Waals surface area contributed by atoms with Crippen LogP contribution in [0, 0.1) is 0 Å². The Morgan fingerprint density at radius 2 is 2.22 bits per heavy atom. The molecule has 1 aliphatic rings. The maximum Gasteiger partial charge on any atom is 0.143 e. The summed E-state index contributed by atoms with van der Waals surface area (Å²) in [7, 11) is 0. The Morgan fingerprint density at radius 1 is 1.44 bits per heavy atom. The van der Waals surface area contributed by atoms with Crippen molar-refractivity contribution in [2.45, 2.75) is 49.5 Å². The van der Waals surface area contributed by atoms with Crippen LogP contribution in [0.3, 0.4) is 0 Å². The summed E-state index contributed by atoms with van der Waals surface area (Å²) in [4.78, 5) is 1.20. The van der Waals surface area contributed by atoms with E-state index in [1.165, 1.54) is 4.90 Å². The van der Waals surface area contributed by atoms with Gasteiger partial charge in [-0.1, -0.05) is 0 Å². The van der Waals surface area contributed by atoms with Gasteiger partial charge in [0.15, 0.2) is 0 Å². The molecule has 3 nitrogen and oxygen atoms in total. The van der Waals surface area contributed by atoms with Crippen molar-refractivity contribution in [1.29, 1.82) is 0 Å². The highest BCUT2D eigenvalue weighted by molar-refractivity contribution is 8.00. The molecule has 1 saturated heterocycles. The SMILES string of the molecule is CC(C)Oc1cc(SC2CCOC2C)ccc1N. The molecule has 0 aliphatic carbocycles.